The second-order valence-corrected chi connectivity index (χ2v) is 5.37. The van der Waals surface area contributed by atoms with Crippen LogP contribution in [-0.2, 0) is 4.79 Å². The van der Waals surface area contributed by atoms with E-state index < -0.39 is 0 Å². The quantitative estimate of drug-likeness (QED) is 0.864. The van der Waals surface area contributed by atoms with Gasteiger partial charge in [0.15, 0.2) is 0 Å². The van der Waals surface area contributed by atoms with Gasteiger partial charge < -0.3 is 15.5 Å². The Morgan fingerprint density at radius 2 is 2.22 bits per heavy atom. The lowest BCUT2D eigenvalue weighted by Crippen LogP contribution is -2.32. The fourth-order valence-corrected chi connectivity index (χ4v) is 2.74. The molecule has 4 heteroatoms. The van der Waals surface area contributed by atoms with Crippen molar-refractivity contribution in [2.24, 2.45) is 11.7 Å². The van der Waals surface area contributed by atoms with Gasteiger partial charge in [0, 0.05) is 17.5 Å². The van der Waals surface area contributed by atoms with Crippen molar-refractivity contribution >= 4 is 5.91 Å². The summed E-state index contributed by atoms with van der Waals surface area (Å²) in [5.41, 5.74) is 6.90. The van der Waals surface area contributed by atoms with Crippen LogP contribution in [0.1, 0.15) is 49.3 Å². The van der Waals surface area contributed by atoms with Crippen molar-refractivity contribution < 1.29 is 9.21 Å². The Morgan fingerprint density at radius 1 is 1.50 bits per heavy atom. The summed E-state index contributed by atoms with van der Waals surface area (Å²) in [4.78, 5) is 12.1. The summed E-state index contributed by atoms with van der Waals surface area (Å²) >= 11 is 0. The van der Waals surface area contributed by atoms with E-state index in [2.05, 4.69) is 5.32 Å². The van der Waals surface area contributed by atoms with E-state index in [0.29, 0.717) is 0 Å². The van der Waals surface area contributed by atoms with Crippen LogP contribution in [0.4, 0.5) is 0 Å². The van der Waals surface area contributed by atoms with Crippen molar-refractivity contribution in [2.75, 3.05) is 0 Å². The Morgan fingerprint density at radius 3 is 2.72 bits per heavy atom. The van der Waals surface area contributed by atoms with Crippen LogP contribution >= 0.6 is 0 Å². The van der Waals surface area contributed by atoms with Crippen LogP contribution in [0.5, 0.6) is 0 Å². The number of hydrogen-bond acceptors (Lipinski definition) is 3. The normalized spacial score (nSPS) is 25.1. The van der Waals surface area contributed by atoms with Gasteiger partial charge in [-0.25, -0.2) is 0 Å². The highest BCUT2D eigenvalue weighted by Crippen LogP contribution is 2.26. The molecule has 0 saturated heterocycles. The molecule has 1 heterocycles. The summed E-state index contributed by atoms with van der Waals surface area (Å²) in [6.45, 7) is 5.83. The minimum absolute atomic E-state index is 0.00762. The van der Waals surface area contributed by atoms with Crippen molar-refractivity contribution in [3.63, 3.8) is 0 Å². The molecule has 0 spiro atoms. The number of furan rings is 1. The topological polar surface area (TPSA) is 68.3 Å². The summed E-state index contributed by atoms with van der Waals surface area (Å²) in [6.07, 6.45) is 2.67. The van der Waals surface area contributed by atoms with Crippen LogP contribution in [0.15, 0.2) is 10.5 Å². The van der Waals surface area contributed by atoms with Gasteiger partial charge in [-0.15, -0.1) is 0 Å². The molecule has 18 heavy (non-hydrogen) atoms. The largest absolute Gasteiger partial charge is 0.466 e. The van der Waals surface area contributed by atoms with E-state index in [-0.39, 0.29) is 23.9 Å². The number of carbonyl (C=O) groups excluding carboxylic acids is 1. The molecule has 1 aliphatic rings. The van der Waals surface area contributed by atoms with Gasteiger partial charge in [-0.1, -0.05) is 0 Å². The van der Waals surface area contributed by atoms with Gasteiger partial charge >= 0.3 is 0 Å². The van der Waals surface area contributed by atoms with Crippen molar-refractivity contribution in [3.8, 4) is 0 Å². The van der Waals surface area contributed by atoms with Gasteiger partial charge in [0.25, 0.3) is 0 Å². The van der Waals surface area contributed by atoms with E-state index in [1.807, 2.05) is 26.8 Å². The molecule has 1 aromatic heterocycles. The fourth-order valence-electron chi connectivity index (χ4n) is 2.74. The third-order valence-corrected chi connectivity index (χ3v) is 3.75. The molecule has 3 unspecified atom stereocenters. The van der Waals surface area contributed by atoms with E-state index in [9.17, 15) is 4.79 Å². The van der Waals surface area contributed by atoms with E-state index in [4.69, 9.17) is 10.2 Å². The zero-order chi connectivity index (χ0) is 13.3. The molecule has 1 aliphatic carbocycles. The third kappa shape index (κ3) is 2.75. The number of rotatable bonds is 3. The molecular formula is C14H22N2O2. The minimum atomic E-state index is -0.00762. The van der Waals surface area contributed by atoms with Crippen LogP contribution in [-0.4, -0.2) is 11.9 Å². The van der Waals surface area contributed by atoms with Crippen LogP contribution in [0.3, 0.4) is 0 Å². The van der Waals surface area contributed by atoms with Gasteiger partial charge in [0.1, 0.15) is 11.5 Å². The zero-order valence-corrected chi connectivity index (χ0v) is 11.3. The molecular weight excluding hydrogens is 228 g/mol. The molecule has 0 radical (unpaired) electrons. The Kier molecular flexibility index (Phi) is 3.76. The minimum Gasteiger partial charge on any atom is -0.466 e. The summed E-state index contributed by atoms with van der Waals surface area (Å²) in [5.74, 6) is 1.96. The molecule has 1 fully saturated rings. The molecule has 0 aromatic carbocycles. The predicted molar refractivity (Wildman–Crippen MR) is 70.1 cm³/mol. The maximum absolute atomic E-state index is 12.1. The average Bonchev–Trinajstić information content (AvgIpc) is 2.84. The maximum atomic E-state index is 12.1. The number of carbonyl (C=O) groups is 1. The molecule has 0 bridgehead atoms. The first kappa shape index (κ1) is 13.1. The Balaban J connectivity index is 1.97. The fraction of sp³-hybridized carbons (Fsp3) is 0.643. The number of nitrogens with two attached hydrogens (primary N) is 1. The first-order valence-electron chi connectivity index (χ1n) is 6.60. The Labute approximate surface area is 108 Å². The molecule has 100 valence electrons. The van der Waals surface area contributed by atoms with Crippen LogP contribution < -0.4 is 11.1 Å². The highest BCUT2D eigenvalue weighted by atomic mass is 16.3. The number of amides is 1. The third-order valence-electron chi connectivity index (χ3n) is 3.75. The zero-order valence-electron chi connectivity index (χ0n) is 11.3. The van der Waals surface area contributed by atoms with E-state index >= 15 is 0 Å². The molecule has 1 amide bonds. The second kappa shape index (κ2) is 5.14. The first-order valence-corrected chi connectivity index (χ1v) is 6.60. The SMILES string of the molecule is Cc1cc(C(C)NC(=O)C2CCC(N)C2)c(C)o1. The highest BCUT2D eigenvalue weighted by Gasteiger charge is 2.28. The average molecular weight is 250 g/mol. The summed E-state index contributed by atoms with van der Waals surface area (Å²) in [5, 5.41) is 3.06. The lowest BCUT2D eigenvalue weighted by Gasteiger charge is -2.16. The van der Waals surface area contributed by atoms with Crippen LogP contribution in [0.25, 0.3) is 0 Å². The maximum Gasteiger partial charge on any atom is 0.223 e. The number of nitrogens with one attached hydrogen (secondary N) is 1. The molecule has 3 atom stereocenters. The lowest BCUT2D eigenvalue weighted by molar-refractivity contribution is -0.125. The van der Waals surface area contributed by atoms with Crippen LogP contribution in [0, 0.1) is 19.8 Å². The van der Waals surface area contributed by atoms with Gasteiger partial charge in [-0.3, -0.25) is 4.79 Å². The Bertz CT molecular complexity index is 439. The second-order valence-electron chi connectivity index (χ2n) is 5.37. The number of aryl methyl sites for hydroxylation is 2. The van der Waals surface area contributed by atoms with Crippen molar-refractivity contribution in [3.05, 3.63) is 23.2 Å². The molecule has 2 rings (SSSR count). The molecule has 4 nitrogen and oxygen atoms in total. The van der Waals surface area contributed by atoms with E-state index in [1.54, 1.807) is 0 Å². The van der Waals surface area contributed by atoms with Gasteiger partial charge in [0.05, 0.1) is 6.04 Å². The van der Waals surface area contributed by atoms with Gasteiger partial charge in [0.2, 0.25) is 5.91 Å². The highest BCUT2D eigenvalue weighted by molar-refractivity contribution is 5.79. The van der Waals surface area contributed by atoms with E-state index in [0.717, 1.165) is 36.3 Å². The lowest BCUT2D eigenvalue weighted by atomic mass is 10.0. The Hall–Kier alpha value is -1.29. The summed E-state index contributed by atoms with van der Waals surface area (Å²) in [6, 6.07) is 2.17. The standard InChI is InChI=1S/C14H22N2O2/c1-8-6-13(10(3)18-8)9(2)16-14(17)11-4-5-12(15)7-11/h6,9,11-12H,4-5,7,15H2,1-3H3,(H,16,17). The molecule has 1 saturated carbocycles. The summed E-state index contributed by atoms with van der Waals surface area (Å²) in [7, 11) is 0. The van der Waals surface area contributed by atoms with Crippen molar-refractivity contribution in [1.82, 2.24) is 5.32 Å². The molecule has 1 aromatic rings. The number of hydrogen-bond donors (Lipinski definition) is 2. The monoisotopic (exact) mass is 250 g/mol. The molecule has 0 aliphatic heterocycles. The molecule has 3 N–H and O–H groups in total. The summed E-state index contributed by atoms with van der Waals surface area (Å²) < 4.78 is 5.49. The smallest absolute Gasteiger partial charge is 0.223 e. The van der Waals surface area contributed by atoms with Crippen molar-refractivity contribution in [2.45, 2.75) is 52.1 Å². The first-order chi connectivity index (χ1) is 8.47. The van der Waals surface area contributed by atoms with E-state index in [1.165, 1.54) is 0 Å². The van der Waals surface area contributed by atoms with Gasteiger partial charge in [-0.05, 0) is 46.1 Å². The van der Waals surface area contributed by atoms with Gasteiger partial charge in [-0.2, -0.15) is 0 Å². The predicted octanol–water partition coefficient (Wildman–Crippen LogP) is 2.20. The van der Waals surface area contributed by atoms with Crippen LogP contribution in [0.2, 0.25) is 0 Å². The van der Waals surface area contributed by atoms with Crippen molar-refractivity contribution in [1.29, 1.82) is 0 Å².